The highest BCUT2D eigenvalue weighted by molar-refractivity contribution is 5.95. The monoisotopic (exact) mass is 391 g/mol. The topological polar surface area (TPSA) is 84.5 Å². The van der Waals surface area contributed by atoms with Crippen LogP contribution in [0.1, 0.15) is 29.3 Å². The fraction of sp³-hybridized carbons (Fsp3) is 0.227. The van der Waals surface area contributed by atoms with Crippen molar-refractivity contribution in [1.29, 1.82) is 0 Å². The number of fused-ring (bicyclic) bond motifs is 1. The molecule has 29 heavy (non-hydrogen) atoms. The van der Waals surface area contributed by atoms with Gasteiger partial charge < -0.3 is 19.4 Å². The van der Waals surface area contributed by atoms with Crippen LogP contribution in [-0.2, 0) is 4.74 Å². The van der Waals surface area contributed by atoms with Gasteiger partial charge in [-0.15, -0.1) is 0 Å². The van der Waals surface area contributed by atoms with Gasteiger partial charge in [0.05, 0.1) is 17.6 Å². The van der Waals surface area contributed by atoms with E-state index in [4.69, 9.17) is 9.47 Å². The summed E-state index contributed by atoms with van der Waals surface area (Å²) >= 11 is 0. The summed E-state index contributed by atoms with van der Waals surface area (Å²) in [6, 6.07) is 10.4. The Kier molecular flexibility index (Phi) is 5.29. The molecule has 0 atom stereocenters. The molecule has 3 aromatic rings. The van der Waals surface area contributed by atoms with Gasteiger partial charge in [-0.05, 0) is 55.3 Å². The summed E-state index contributed by atoms with van der Waals surface area (Å²) in [6.07, 6.45) is 5.85. The van der Waals surface area contributed by atoms with Crippen LogP contribution in [0.2, 0.25) is 0 Å². The van der Waals surface area contributed by atoms with Crippen LogP contribution in [0, 0.1) is 0 Å². The summed E-state index contributed by atoms with van der Waals surface area (Å²) in [6.45, 7) is 3.12. The van der Waals surface area contributed by atoms with Crippen LogP contribution in [0.15, 0.2) is 54.9 Å². The number of benzene rings is 1. The first-order valence-corrected chi connectivity index (χ1v) is 9.51. The molecule has 0 unspecified atom stereocenters. The second-order valence-electron chi connectivity index (χ2n) is 6.64. The summed E-state index contributed by atoms with van der Waals surface area (Å²) in [5.74, 6) is 0.285. The molecule has 7 heteroatoms. The van der Waals surface area contributed by atoms with Crippen molar-refractivity contribution in [2.75, 3.05) is 19.7 Å². The van der Waals surface area contributed by atoms with Crippen molar-refractivity contribution in [3.8, 4) is 5.75 Å². The van der Waals surface area contributed by atoms with Gasteiger partial charge in [0.15, 0.2) is 0 Å². The number of nitrogens with zero attached hydrogens (tertiary/aromatic N) is 2. The van der Waals surface area contributed by atoms with Crippen molar-refractivity contribution in [3.05, 3.63) is 66.0 Å². The Morgan fingerprint density at radius 2 is 2.03 bits per heavy atom. The lowest BCUT2D eigenvalue weighted by Gasteiger charge is -2.26. The fourth-order valence-corrected chi connectivity index (χ4v) is 3.39. The second-order valence-corrected chi connectivity index (χ2v) is 6.64. The van der Waals surface area contributed by atoms with Crippen LogP contribution < -0.4 is 4.74 Å². The molecular weight excluding hydrogens is 370 g/mol. The SMILES string of the molecule is CCOC(=O)Oc1ccc(C(=O)N2CC=C(c3c[nH]c4cccnc34)CC2)cc1. The summed E-state index contributed by atoms with van der Waals surface area (Å²) in [5, 5.41) is 0. The van der Waals surface area contributed by atoms with Gasteiger partial charge in [-0.1, -0.05) is 6.08 Å². The number of H-pyrrole nitrogens is 1. The minimum atomic E-state index is -0.757. The Hall–Kier alpha value is -3.61. The van der Waals surface area contributed by atoms with E-state index in [1.807, 2.05) is 18.3 Å². The van der Waals surface area contributed by atoms with Gasteiger partial charge in [-0.2, -0.15) is 0 Å². The van der Waals surface area contributed by atoms with Crippen LogP contribution in [0.4, 0.5) is 4.79 Å². The number of amides is 1. The van der Waals surface area contributed by atoms with Gasteiger partial charge in [0.25, 0.3) is 5.91 Å². The van der Waals surface area contributed by atoms with E-state index in [1.54, 1.807) is 42.3 Å². The van der Waals surface area contributed by atoms with Crippen molar-refractivity contribution in [3.63, 3.8) is 0 Å². The average molecular weight is 391 g/mol. The molecular formula is C22H21N3O4. The molecule has 7 nitrogen and oxygen atoms in total. The molecule has 3 heterocycles. The van der Waals surface area contributed by atoms with Crippen LogP contribution in [0.3, 0.4) is 0 Å². The van der Waals surface area contributed by atoms with Crippen LogP contribution in [0.25, 0.3) is 16.6 Å². The van der Waals surface area contributed by atoms with E-state index < -0.39 is 6.16 Å². The Balaban J connectivity index is 1.43. The maximum absolute atomic E-state index is 12.8. The lowest BCUT2D eigenvalue weighted by Crippen LogP contribution is -2.34. The normalized spacial score (nSPS) is 13.8. The Morgan fingerprint density at radius 3 is 2.76 bits per heavy atom. The van der Waals surface area contributed by atoms with E-state index >= 15 is 0 Å². The number of carbonyl (C=O) groups excluding carboxylic acids is 2. The third kappa shape index (κ3) is 3.99. The van der Waals surface area contributed by atoms with Gasteiger partial charge in [-0.3, -0.25) is 9.78 Å². The molecule has 1 N–H and O–H groups in total. The first kappa shape index (κ1) is 18.7. The molecule has 148 valence electrons. The highest BCUT2D eigenvalue weighted by atomic mass is 16.7. The summed E-state index contributed by atoms with van der Waals surface area (Å²) in [5.41, 5.74) is 4.79. The highest BCUT2D eigenvalue weighted by Crippen LogP contribution is 2.28. The van der Waals surface area contributed by atoms with E-state index in [1.165, 1.54) is 5.57 Å². The lowest BCUT2D eigenvalue weighted by atomic mass is 10.0. The average Bonchev–Trinajstić information content (AvgIpc) is 3.18. The predicted octanol–water partition coefficient (Wildman–Crippen LogP) is 4.03. The minimum absolute atomic E-state index is 0.0555. The van der Waals surface area contributed by atoms with Crippen LogP contribution in [0.5, 0.6) is 5.75 Å². The zero-order chi connectivity index (χ0) is 20.2. The van der Waals surface area contributed by atoms with E-state index in [2.05, 4.69) is 16.0 Å². The Morgan fingerprint density at radius 1 is 1.21 bits per heavy atom. The summed E-state index contributed by atoms with van der Waals surface area (Å²) < 4.78 is 9.76. The van der Waals surface area contributed by atoms with Gasteiger partial charge in [-0.25, -0.2) is 4.79 Å². The molecule has 1 aliphatic rings. The number of aromatic amines is 1. The lowest BCUT2D eigenvalue weighted by molar-refractivity contribution is 0.0773. The summed E-state index contributed by atoms with van der Waals surface area (Å²) in [7, 11) is 0. The number of nitrogens with one attached hydrogen (secondary N) is 1. The second kappa shape index (κ2) is 8.18. The molecule has 4 rings (SSSR count). The van der Waals surface area contributed by atoms with Gasteiger partial charge in [0.2, 0.25) is 0 Å². The molecule has 0 bridgehead atoms. The molecule has 0 saturated heterocycles. The number of rotatable bonds is 4. The van der Waals surface area contributed by atoms with E-state index in [-0.39, 0.29) is 12.5 Å². The quantitative estimate of drug-likeness (QED) is 0.536. The van der Waals surface area contributed by atoms with Crippen molar-refractivity contribution in [2.45, 2.75) is 13.3 Å². The standard InChI is InChI=1S/C22H21N3O4/c1-2-28-22(27)29-17-7-5-16(6-8-17)21(26)25-12-9-15(10-13-25)18-14-24-19-4-3-11-23-20(18)19/h3-9,11,14,24H,2,10,12-13H2,1H3. The number of hydrogen-bond acceptors (Lipinski definition) is 5. The largest absolute Gasteiger partial charge is 0.513 e. The zero-order valence-electron chi connectivity index (χ0n) is 16.1. The number of aromatic nitrogens is 2. The predicted molar refractivity (Wildman–Crippen MR) is 109 cm³/mol. The fourth-order valence-electron chi connectivity index (χ4n) is 3.39. The zero-order valence-corrected chi connectivity index (χ0v) is 16.1. The number of pyridine rings is 1. The molecule has 0 fully saturated rings. The van der Waals surface area contributed by atoms with Crippen LogP contribution in [-0.4, -0.2) is 46.6 Å². The summed E-state index contributed by atoms with van der Waals surface area (Å²) in [4.78, 5) is 33.6. The van der Waals surface area contributed by atoms with Crippen molar-refractivity contribution >= 4 is 28.7 Å². The van der Waals surface area contributed by atoms with Crippen molar-refractivity contribution in [1.82, 2.24) is 14.9 Å². The molecule has 2 aromatic heterocycles. The molecule has 0 spiro atoms. The Bertz CT molecular complexity index is 1070. The maximum Gasteiger partial charge on any atom is 0.513 e. The van der Waals surface area contributed by atoms with Gasteiger partial charge >= 0.3 is 6.16 Å². The molecule has 0 radical (unpaired) electrons. The number of hydrogen-bond donors (Lipinski definition) is 1. The molecule has 0 aliphatic carbocycles. The van der Waals surface area contributed by atoms with E-state index in [0.29, 0.717) is 24.4 Å². The van der Waals surface area contributed by atoms with Crippen LogP contribution >= 0.6 is 0 Å². The third-order valence-corrected chi connectivity index (χ3v) is 4.84. The number of ether oxygens (including phenoxy) is 2. The molecule has 1 amide bonds. The highest BCUT2D eigenvalue weighted by Gasteiger charge is 2.21. The smallest absolute Gasteiger partial charge is 0.434 e. The van der Waals surface area contributed by atoms with Gasteiger partial charge in [0.1, 0.15) is 5.75 Å². The number of carbonyl (C=O) groups is 2. The first-order valence-electron chi connectivity index (χ1n) is 9.51. The first-order chi connectivity index (χ1) is 14.2. The minimum Gasteiger partial charge on any atom is -0.434 e. The van der Waals surface area contributed by atoms with E-state index in [9.17, 15) is 9.59 Å². The third-order valence-electron chi connectivity index (χ3n) is 4.84. The van der Waals surface area contributed by atoms with Gasteiger partial charge in [0, 0.05) is 36.6 Å². The molecule has 1 aliphatic heterocycles. The maximum atomic E-state index is 12.8. The molecule has 0 saturated carbocycles. The molecule has 1 aromatic carbocycles. The van der Waals surface area contributed by atoms with Crippen molar-refractivity contribution in [2.24, 2.45) is 0 Å². The Labute approximate surface area is 167 Å². The van der Waals surface area contributed by atoms with Crippen molar-refractivity contribution < 1.29 is 19.1 Å². The van der Waals surface area contributed by atoms with E-state index in [0.717, 1.165) is 23.0 Å².